The van der Waals surface area contributed by atoms with Crippen molar-refractivity contribution in [1.29, 1.82) is 0 Å². The van der Waals surface area contributed by atoms with Crippen molar-refractivity contribution >= 4 is 6.03 Å². The summed E-state index contributed by atoms with van der Waals surface area (Å²) in [5, 5.41) is 13.9. The first-order chi connectivity index (χ1) is 8.72. The van der Waals surface area contributed by atoms with E-state index in [9.17, 15) is 9.18 Å². The van der Waals surface area contributed by atoms with Crippen molar-refractivity contribution in [3.8, 4) is 0 Å². The van der Waals surface area contributed by atoms with Crippen LogP contribution in [0, 0.1) is 5.82 Å². The highest BCUT2D eigenvalue weighted by Gasteiger charge is 1.99. The van der Waals surface area contributed by atoms with E-state index in [1.54, 1.807) is 6.07 Å². The fourth-order valence-electron chi connectivity index (χ4n) is 1.53. The minimum absolute atomic E-state index is 0.0693. The first kappa shape index (κ1) is 14.4. The third-order valence-electron chi connectivity index (χ3n) is 2.44. The molecule has 1 aromatic rings. The van der Waals surface area contributed by atoms with E-state index in [0.29, 0.717) is 19.5 Å². The van der Waals surface area contributed by atoms with Crippen LogP contribution in [-0.4, -0.2) is 30.8 Å². The topological polar surface area (TPSA) is 61.4 Å². The number of halogens is 1. The molecule has 100 valence electrons. The maximum absolute atomic E-state index is 12.9. The SMILES string of the molecule is O=C(NCCCO)NCCCc1cccc(F)c1. The predicted molar refractivity (Wildman–Crippen MR) is 67.8 cm³/mol. The molecular weight excluding hydrogens is 235 g/mol. The number of nitrogens with one attached hydrogen (secondary N) is 2. The van der Waals surface area contributed by atoms with Crippen molar-refractivity contribution in [2.75, 3.05) is 19.7 Å². The van der Waals surface area contributed by atoms with Crippen LogP contribution in [0.25, 0.3) is 0 Å². The molecule has 0 spiro atoms. The predicted octanol–water partition coefficient (Wildman–Crippen LogP) is 1.44. The summed E-state index contributed by atoms with van der Waals surface area (Å²) in [7, 11) is 0. The van der Waals surface area contributed by atoms with Gasteiger partial charge in [0, 0.05) is 19.7 Å². The first-order valence-corrected chi connectivity index (χ1v) is 6.09. The van der Waals surface area contributed by atoms with Crippen molar-refractivity contribution in [3.63, 3.8) is 0 Å². The minimum atomic E-state index is -0.234. The lowest BCUT2D eigenvalue weighted by Gasteiger charge is -2.07. The second-order valence-corrected chi connectivity index (χ2v) is 3.99. The highest BCUT2D eigenvalue weighted by molar-refractivity contribution is 5.73. The number of aliphatic hydroxyl groups excluding tert-OH is 1. The average Bonchev–Trinajstić information content (AvgIpc) is 2.35. The van der Waals surface area contributed by atoms with Crippen LogP contribution in [0.4, 0.5) is 9.18 Å². The van der Waals surface area contributed by atoms with Crippen molar-refractivity contribution in [2.45, 2.75) is 19.3 Å². The van der Waals surface area contributed by atoms with Gasteiger partial charge in [0.25, 0.3) is 0 Å². The smallest absolute Gasteiger partial charge is 0.314 e. The van der Waals surface area contributed by atoms with E-state index in [2.05, 4.69) is 10.6 Å². The second kappa shape index (κ2) is 8.47. The molecule has 0 saturated heterocycles. The summed E-state index contributed by atoms with van der Waals surface area (Å²) < 4.78 is 12.9. The van der Waals surface area contributed by atoms with Gasteiger partial charge in [-0.1, -0.05) is 12.1 Å². The van der Waals surface area contributed by atoms with Gasteiger partial charge in [-0.25, -0.2) is 9.18 Å². The van der Waals surface area contributed by atoms with Crippen LogP contribution in [0.15, 0.2) is 24.3 Å². The van der Waals surface area contributed by atoms with Crippen LogP contribution in [0.5, 0.6) is 0 Å². The van der Waals surface area contributed by atoms with E-state index in [1.807, 2.05) is 6.07 Å². The molecule has 0 fully saturated rings. The molecule has 0 heterocycles. The number of carbonyl (C=O) groups is 1. The molecule has 1 aromatic carbocycles. The Bertz CT molecular complexity index is 372. The Morgan fingerprint density at radius 1 is 1.22 bits per heavy atom. The van der Waals surface area contributed by atoms with Crippen LogP contribution in [-0.2, 0) is 6.42 Å². The molecule has 0 atom stereocenters. The summed E-state index contributed by atoms with van der Waals surface area (Å²) in [5.41, 5.74) is 0.928. The summed E-state index contributed by atoms with van der Waals surface area (Å²) in [6.45, 7) is 1.08. The van der Waals surface area contributed by atoms with Crippen LogP contribution in [0.2, 0.25) is 0 Å². The second-order valence-electron chi connectivity index (χ2n) is 3.99. The molecular formula is C13H19FN2O2. The number of aliphatic hydroxyl groups is 1. The van der Waals surface area contributed by atoms with Crippen LogP contribution < -0.4 is 10.6 Å². The number of hydrogen-bond donors (Lipinski definition) is 3. The van der Waals surface area contributed by atoms with E-state index in [1.165, 1.54) is 12.1 Å². The third-order valence-corrected chi connectivity index (χ3v) is 2.44. The number of urea groups is 1. The van der Waals surface area contributed by atoms with E-state index >= 15 is 0 Å². The van der Waals surface area contributed by atoms with Gasteiger partial charge in [-0.05, 0) is 37.0 Å². The minimum Gasteiger partial charge on any atom is -0.396 e. The number of rotatable bonds is 7. The van der Waals surface area contributed by atoms with Crippen molar-refractivity contribution in [2.24, 2.45) is 0 Å². The molecule has 3 N–H and O–H groups in total. The summed E-state index contributed by atoms with van der Waals surface area (Å²) in [5.74, 6) is -0.234. The van der Waals surface area contributed by atoms with E-state index < -0.39 is 0 Å². The molecule has 0 saturated carbocycles. The molecule has 0 radical (unpaired) electrons. The zero-order valence-corrected chi connectivity index (χ0v) is 10.3. The third kappa shape index (κ3) is 6.20. The maximum Gasteiger partial charge on any atom is 0.314 e. The Morgan fingerprint density at radius 3 is 2.61 bits per heavy atom. The molecule has 5 heteroatoms. The molecule has 0 aliphatic carbocycles. The quantitative estimate of drug-likeness (QED) is 0.645. The van der Waals surface area contributed by atoms with Gasteiger partial charge >= 0.3 is 6.03 Å². The Kier molecular flexibility index (Phi) is 6.79. The van der Waals surface area contributed by atoms with Crippen LogP contribution in [0.3, 0.4) is 0 Å². The molecule has 1 rings (SSSR count). The molecule has 0 unspecified atom stereocenters. The van der Waals surface area contributed by atoms with Gasteiger partial charge in [0.05, 0.1) is 0 Å². The zero-order chi connectivity index (χ0) is 13.2. The summed E-state index contributed by atoms with van der Waals surface area (Å²) in [6, 6.07) is 6.23. The maximum atomic E-state index is 12.9. The van der Waals surface area contributed by atoms with Crippen LogP contribution >= 0.6 is 0 Å². The lowest BCUT2D eigenvalue weighted by atomic mass is 10.1. The summed E-state index contributed by atoms with van der Waals surface area (Å²) >= 11 is 0. The van der Waals surface area contributed by atoms with Crippen LogP contribution in [0.1, 0.15) is 18.4 Å². The number of aryl methyl sites for hydroxylation is 1. The van der Waals surface area contributed by atoms with Crippen molar-refractivity contribution in [1.82, 2.24) is 10.6 Å². The van der Waals surface area contributed by atoms with Gasteiger partial charge in [-0.3, -0.25) is 0 Å². The number of carbonyl (C=O) groups excluding carboxylic acids is 1. The Morgan fingerprint density at radius 2 is 1.94 bits per heavy atom. The Labute approximate surface area is 106 Å². The van der Waals surface area contributed by atoms with Gasteiger partial charge < -0.3 is 15.7 Å². The molecule has 0 aliphatic heterocycles. The van der Waals surface area contributed by atoms with E-state index in [0.717, 1.165) is 18.4 Å². The van der Waals surface area contributed by atoms with Gasteiger partial charge in [0.1, 0.15) is 5.82 Å². The molecule has 4 nitrogen and oxygen atoms in total. The Balaban J connectivity index is 2.09. The van der Waals surface area contributed by atoms with Gasteiger partial charge in [-0.15, -0.1) is 0 Å². The van der Waals surface area contributed by atoms with Gasteiger partial charge in [-0.2, -0.15) is 0 Å². The summed E-state index contributed by atoms with van der Waals surface area (Å²) in [4.78, 5) is 11.2. The first-order valence-electron chi connectivity index (χ1n) is 6.09. The monoisotopic (exact) mass is 254 g/mol. The highest BCUT2D eigenvalue weighted by atomic mass is 19.1. The standard InChI is InChI=1S/C13H19FN2O2/c14-12-6-1-4-11(10-12)5-2-7-15-13(18)16-8-3-9-17/h1,4,6,10,17H,2-3,5,7-9H2,(H2,15,16,18). The molecule has 0 aliphatic rings. The van der Waals surface area contributed by atoms with Crippen molar-refractivity contribution < 1.29 is 14.3 Å². The highest BCUT2D eigenvalue weighted by Crippen LogP contribution is 2.05. The van der Waals surface area contributed by atoms with E-state index in [4.69, 9.17) is 5.11 Å². The fourth-order valence-corrected chi connectivity index (χ4v) is 1.53. The van der Waals surface area contributed by atoms with E-state index in [-0.39, 0.29) is 18.5 Å². The van der Waals surface area contributed by atoms with Gasteiger partial charge in [0.2, 0.25) is 0 Å². The average molecular weight is 254 g/mol. The number of amides is 2. The summed E-state index contributed by atoms with van der Waals surface area (Å²) in [6.07, 6.45) is 2.04. The lowest BCUT2D eigenvalue weighted by molar-refractivity contribution is 0.238. The molecule has 2 amide bonds. The fraction of sp³-hybridized carbons (Fsp3) is 0.462. The van der Waals surface area contributed by atoms with Gasteiger partial charge in [0.15, 0.2) is 0 Å². The normalized spacial score (nSPS) is 10.1. The lowest BCUT2D eigenvalue weighted by Crippen LogP contribution is -2.36. The molecule has 0 bridgehead atoms. The number of hydrogen-bond acceptors (Lipinski definition) is 2. The zero-order valence-electron chi connectivity index (χ0n) is 10.3. The Hall–Kier alpha value is -1.62. The largest absolute Gasteiger partial charge is 0.396 e. The number of benzene rings is 1. The molecule has 0 aromatic heterocycles. The molecule has 18 heavy (non-hydrogen) atoms. The van der Waals surface area contributed by atoms with Crippen molar-refractivity contribution in [3.05, 3.63) is 35.6 Å².